The minimum Gasteiger partial charge on any atom is -0.373 e. The molecule has 0 radical (unpaired) electrons. The van der Waals surface area contributed by atoms with E-state index in [-0.39, 0.29) is 0 Å². The van der Waals surface area contributed by atoms with Crippen molar-refractivity contribution in [1.82, 2.24) is 24.6 Å². The van der Waals surface area contributed by atoms with E-state index in [1.54, 1.807) is 0 Å². The summed E-state index contributed by atoms with van der Waals surface area (Å²) in [5, 5.41) is 12.8. The lowest BCUT2D eigenvalue weighted by atomic mass is 10.5. The minimum atomic E-state index is 0.779. The lowest BCUT2D eigenvalue weighted by Crippen LogP contribution is -1.94. The number of pyridine rings is 1. The van der Waals surface area contributed by atoms with E-state index in [1.807, 2.05) is 41.9 Å². The van der Waals surface area contributed by atoms with Gasteiger partial charge < -0.3 is 5.32 Å². The van der Waals surface area contributed by atoms with Crippen LogP contribution in [0.4, 0.5) is 5.82 Å². The molecule has 3 rings (SSSR count). The molecule has 3 aromatic rings. The molecule has 0 aliphatic carbocycles. The van der Waals surface area contributed by atoms with Crippen LogP contribution in [-0.4, -0.2) is 31.6 Å². The first-order valence-corrected chi connectivity index (χ1v) is 6.16. The molecule has 3 heterocycles. The van der Waals surface area contributed by atoms with Crippen molar-refractivity contribution >= 4 is 23.2 Å². The Morgan fingerprint density at radius 1 is 1.22 bits per heavy atom. The van der Waals surface area contributed by atoms with Gasteiger partial charge in [-0.15, -0.1) is 10.2 Å². The van der Waals surface area contributed by atoms with Crippen molar-refractivity contribution in [2.24, 2.45) is 0 Å². The number of nitrogens with zero attached hydrogens (tertiary/aromatic N) is 5. The molecule has 3 aromatic heterocycles. The number of aromatic nitrogens is 5. The van der Waals surface area contributed by atoms with E-state index in [1.165, 1.54) is 18.1 Å². The van der Waals surface area contributed by atoms with Gasteiger partial charge in [-0.1, -0.05) is 6.07 Å². The Bertz CT molecular complexity index is 680. The zero-order chi connectivity index (χ0) is 12.4. The fraction of sp³-hybridized carbons (Fsp3) is 0.0909. The molecule has 0 aliphatic heterocycles. The maximum atomic E-state index is 4.20. The normalized spacial score (nSPS) is 10.7. The first kappa shape index (κ1) is 11.0. The van der Waals surface area contributed by atoms with Crippen LogP contribution >= 0.6 is 11.8 Å². The second-order valence-corrected chi connectivity index (χ2v) is 4.49. The standard InChI is InChI=1S/C11H10N6S/c1-12-8-6-10(14-7-13-8)18-11-16-15-9-4-2-3-5-17(9)11/h2-7H,1H3,(H,12,13,14). The number of hydrogen-bond donors (Lipinski definition) is 1. The fourth-order valence-electron chi connectivity index (χ4n) is 1.51. The van der Waals surface area contributed by atoms with Gasteiger partial charge in [0.25, 0.3) is 0 Å². The van der Waals surface area contributed by atoms with E-state index in [0.29, 0.717) is 0 Å². The van der Waals surface area contributed by atoms with E-state index < -0.39 is 0 Å². The van der Waals surface area contributed by atoms with E-state index in [4.69, 9.17) is 0 Å². The van der Waals surface area contributed by atoms with Crippen molar-refractivity contribution in [1.29, 1.82) is 0 Å². The molecule has 0 unspecified atom stereocenters. The molecular weight excluding hydrogens is 248 g/mol. The number of fused-ring (bicyclic) bond motifs is 1. The fourth-order valence-corrected chi connectivity index (χ4v) is 2.31. The summed E-state index contributed by atoms with van der Waals surface area (Å²) in [6.45, 7) is 0. The van der Waals surface area contributed by atoms with Crippen molar-refractivity contribution in [3.63, 3.8) is 0 Å². The van der Waals surface area contributed by atoms with Crippen LogP contribution in [0.1, 0.15) is 0 Å². The number of rotatable bonds is 3. The summed E-state index contributed by atoms with van der Waals surface area (Å²) >= 11 is 1.45. The second kappa shape index (κ2) is 4.61. The van der Waals surface area contributed by atoms with Gasteiger partial charge in [0.05, 0.1) is 0 Å². The molecule has 0 amide bonds. The summed E-state index contributed by atoms with van der Waals surface area (Å²) in [5.41, 5.74) is 0.822. The molecular formula is C11H10N6S. The molecule has 0 spiro atoms. The van der Waals surface area contributed by atoms with Crippen molar-refractivity contribution in [2.45, 2.75) is 10.2 Å². The van der Waals surface area contributed by atoms with Crippen LogP contribution in [0.15, 0.2) is 47.0 Å². The average Bonchev–Trinajstić information content (AvgIpc) is 2.83. The number of nitrogens with one attached hydrogen (secondary N) is 1. The Morgan fingerprint density at radius 3 is 3.06 bits per heavy atom. The monoisotopic (exact) mass is 258 g/mol. The lowest BCUT2D eigenvalue weighted by Gasteiger charge is -2.01. The Balaban J connectivity index is 1.96. The maximum Gasteiger partial charge on any atom is 0.201 e. The minimum absolute atomic E-state index is 0.779. The SMILES string of the molecule is CNc1cc(Sc2nnc3ccccn23)ncn1. The highest BCUT2D eigenvalue weighted by atomic mass is 32.2. The van der Waals surface area contributed by atoms with Gasteiger partial charge in [-0.3, -0.25) is 4.40 Å². The molecule has 0 saturated carbocycles. The van der Waals surface area contributed by atoms with Crippen LogP contribution in [0.3, 0.4) is 0 Å². The third-order valence-electron chi connectivity index (χ3n) is 2.38. The topological polar surface area (TPSA) is 68.0 Å². The van der Waals surface area contributed by atoms with Gasteiger partial charge in [-0.05, 0) is 23.9 Å². The summed E-state index contributed by atoms with van der Waals surface area (Å²) in [4.78, 5) is 8.27. The van der Waals surface area contributed by atoms with Crippen molar-refractivity contribution in [2.75, 3.05) is 12.4 Å². The van der Waals surface area contributed by atoms with E-state index in [0.717, 1.165) is 21.6 Å². The third-order valence-corrected chi connectivity index (χ3v) is 3.27. The maximum absolute atomic E-state index is 4.20. The van der Waals surface area contributed by atoms with Crippen molar-refractivity contribution in [3.05, 3.63) is 36.8 Å². The largest absolute Gasteiger partial charge is 0.373 e. The first-order chi connectivity index (χ1) is 8.86. The van der Waals surface area contributed by atoms with Crippen molar-refractivity contribution in [3.8, 4) is 0 Å². The van der Waals surface area contributed by atoms with Gasteiger partial charge in [0.1, 0.15) is 17.2 Å². The lowest BCUT2D eigenvalue weighted by molar-refractivity contribution is 0.915. The number of hydrogen-bond acceptors (Lipinski definition) is 6. The summed E-state index contributed by atoms with van der Waals surface area (Å²) in [6, 6.07) is 7.66. The van der Waals surface area contributed by atoms with E-state index in [2.05, 4.69) is 25.5 Å². The van der Waals surface area contributed by atoms with Crippen LogP contribution in [0.5, 0.6) is 0 Å². The van der Waals surface area contributed by atoms with Crippen LogP contribution in [0.2, 0.25) is 0 Å². The molecule has 0 aliphatic rings. The first-order valence-electron chi connectivity index (χ1n) is 5.34. The molecule has 7 heteroatoms. The number of anilines is 1. The van der Waals surface area contributed by atoms with Gasteiger partial charge in [0, 0.05) is 19.3 Å². The summed E-state index contributed by atoms with van der Waals surface area (Å²) in [6.07, 6.45) is 3.45. The van der Waals surface area contributed by atoms with Gasteiger partial charge in [-0.2, -0.15) is 0 Å². The van der Waals surface area contributed by atoms with Gasteiger partial charge in [0.15, 0.2) is 5.65 Å². The smallest absolute Gasteiger partial charge is 0.201 e. The predicted octanol–water partition coefficient (Wildman–Crippen LogP) is 1.71. The zero-order valence-corrected chi connectivity index (χ0v) is 10.4. The molecule has 0 aromatic carbocycles. The zero-order valence-electron chi connectivity index (χ0n) is 9.61. The van der Waals surface area contributed by atoms with E-state index >= 15 is 0 Å². The van der Waals surface area contributed by atoms with Crippen LogP contribution in [0, 0.1) is 0 Å². The summed E-state index contributed by atoms with van der Waals surface area (Å²) < 4.78 is 1.92. The molecule has 18 heavy (non-hydrogen) atoms. The third kappa shape index (κ3) is 2.00. The molecule has 1 N–H and O–H groups in total. The molecule has 0 saturated heterocycles. The van der Waals surface area contributed by atoms with Gasteiger partial charge >= 0.3 is 0 Å². The van der Waals surface area contributed by atoms with Crippen LogP contribution in [0.25, 0.3) is 5.65 Å². The highest BCUT2D eigenvalue weighted by Crippen LogP contribution is 2.25. The Kier molecular flexibility index (Phi) is 2.81. The molecule has 0 bridgehead atoms. The Morgan fingerprint density at radius 2 is 2.17 bits per heavy atom. The quantitative estimate of drug-likeness (QED) is 0.721. The second-order valence-electron chi connectivity index (χ2n) is 3.50. The van der Waals surface area contributed by atoms with Crippen LogP contribution < -0.4 is 5.32 Å². The Hall–Kier alpha value is -2.15. The average molecular weight is 258 g/mol. The summed E-state index contributed by atoms with van der Waals surface area (Å²) in [7, 11) is 1.82. The molecule has 6 nitrogen and oxygen atoms in total. The Labute approximate surface area is 107 Å². The van der Waals surface area contributed by atoms with Gasteiger partial charge in [-0.25, -0.2) is 9.97 Å². The van der Waals surface area contributed by atoms with Crippen LogP contribution in [-0.2, 0) is 0 Å². The molecule has 0 fully saturated rings. The molecule has 90 valence electrons. The highest BCUT2D eigenvalue weighted by Gasteiger charge is 2.07. The predicted molar refractivity (Wildman–Crippen MR) is 68.7 cm³/mol. The highest BCUT2D eigenvalue weighted by molar-refractivity contribution is 7.99. The summed E-state index contributed by atoms with van der Waals surface area (Å²) in [5.74, 6) is 0.779. The van der Waals surface area contributed by atoms with Gasteiger partial charge in [0.2, 0.25) is 5.16 Å². The van der Waals surface area contributed by atoms with Crippen molar-refractivity contribution < 1.29 is 0 Å². The van der Waals surface area contributed by atoms with E-state index in [9.17, 15) is 0 Å². The molecule has 0 atom stereocenters.